The number of methoxy groups -OCH3 is 2. The van der Waals surface area contributed by atoms with Gasteiger partial charge < -0.3 is 19.7 Å². The van der Waals surface area contributed by atoms with E-state index in [0.29, 0.717) is 54.7 Å². The number of carbonyl (C=O) groups excluding carboxylic acids is 1. The maximum Gasteiger partial charge on any atom is 0.263 e. The van der Waals surface area contributed by atoms with Crippen LogP contribution in [0.4, 0.5) is 5.95 Å². The Morgan fingerprint density at radius 1 is 1.13 bits per heavy atom. The molecule has 8 heteroatoms. The van der Waals surface area contributed by atoms with Crippen molar-refractivity contribution in [3.63, 3.8) is 0 Å². The molecule has 0 atom stereocenters. The van der Waals surface area contributed by atoms with Crippen LogP contribution in [0.1, 0.15) is 16.8 Å². The molecule has 1 amide bonds. The van der Waals surface area contributed by atoms with Gasteiger partial charge in [0.15, 0.2) is 0 Å². The fraction of sp³-hybridized carbons (Fsp3) is 0.261. The number of benzene rings is 2. The summed E-state index contributed by atoms with van der Waals surface area (Å²) in [6.07, 6.45) is 1.25. The van der Waals surface area contributed by atoms with Crippen LogP contribution in [0.15, 0.2) is 53.3 Å². The summed E-state index contributed by atoms with van der Waals surface area (Å²) < 4.78 is 12.3. The lowest BCUT2D eigenvalue weighted by molar-refractivity contribution is -0.119. The van der Waals surface area contributed by atoms with Crippen molar-refractivity contribution < 1.29 is 14.3 Å². The monoisotopic (exact) mass is 420 g/mol. The highest BCUT2D eigenvalue weighted by Gasteiger charge is 2.24. The predicted octanol–water partition coefficient (Wildman–Crippen LogP) is 2.38. The number of rotatable bonds is 7. The topological polar surface area (TPSA) is 85.7 Å². The lowest BCUT2D eigenvalue weighted by Crippen LogP contribution is -2.37. The summed E-state index contributed by atoms with van der Waals surface area (Å²) in [4.78, 5) is 31.1. The van der Waals surface area contributed by atoms with E-state index in [1.165, 1.54) is 0 Å². The number of para-hydroxylation sites is 2. The van der Waals surface area contributed by atoms with Gasteiger partial charge in [-0.1, -0.05) is 24.3 Å². The van der Waals surface area contributed by atoms with E-state index in [9.17, 15) is 9.59 Å². The molecule has 1 N–H and O–H groups in total. The predicted molar refractivity (Wildman–Crippen MR) is 117 cm³/mol. The second kappa shape index (κ2) is 8.91. The SMILES string of the molecule is COc1cccc(CNc2nc3c(c(=O)n2-c2ccccc2OC)CCN(C=O)C3)c1. The Hall–Kier alpha value is -3.81. The van der Waals surface area contributed by atoms with Gasteiger partial charge in [-0.2, -0.15) is 0 Å². The first-order chi connectivity index (χ1) is 15.1. The summed E-state index contributed by atoms with van der Waals surface area (Å²) in [7, 11) is 3.19. The van der Waals surface area contributed by atoms with Gasteiger partial charge in [0.05, 0.1) is 32.1 Å². The molecule has 31 heavy (non-hydrogen) atoms. The number of nitrogens with zero attached hydrogens (tertiary/aromatic N) is 3. The second-order valence-corrected chi connectivity index (χ2v) is 7.20. The third-order valence-corrected chi connectivity index (χ3v) is 5.32. The van der Waals surface area contributed by atoms with E-state index < -0.39 is 0 Å². The van der Waals surface area contributed by atoms with Crippen LogP contribution in [0, 0.1) is 0 Å². The molecule has 0 saturated heterocycles. The lowest BCUT2D eigenvalue weighted by Gasteiger charge is -2.26. The number of amides is 1. The molecule has 4 rings (SSSR count). The minimum Gasteiger partial charge on any atom is -0.497 e. The molecule has 0 aliphatic carbocycles. The Balaban J connectivity index is 1.80. The third kappa shape index (κ3) is 4.09. The number of ether oxygens (including phenoxy) is 2. The Labute approximate surface area is 180 Å². The molecule has 0 spiro atoms. The highest BCUT2D eigenvalue weighted by molar-refractivity contribution is 5.53. The van der Waals surface area contributed by atoms with Crippen molar-refractivity contribution in [2.75, 3.05) is 26.1 Å². The van der Waals surface area contributed by atoms with Crippen LogP contribution in [0.25, 0.3) is 5.69 Å². The zero-order valence-electron chi connectivity index (χ0n) is 17.5. The van der Waals surface area contributed by atoms with E-state index in [1.54, 1.807) is 29.8 Å². The van der Waals surface area contributed by atoms with E-state index >= 15 is 0 Å². The molecule has 0 bridgehead atoms. The van der Waals surface area contributed by atoms with E-state index in [-0.39, 0.29) is 5.56 Å². The summed E-state index contributed by atoms with van der Waals surface area (Å²) in [5, 5.41) is 3.29. The smallest absolute Gasteiger partial charge is 0.263 e. The Kier molecular flexibility index (Phi) is 5.88. The molecule has 8 nitrogen and oxygen atoms in total. The number of anilines is 1. The first-order valence-electron chi connectivity index (χ1n) is 9.99. The first kappa shape index (κ1) is 20.5. The van der Waals surface area contributed by atoms with Crippen molar-refractivity contribution in [1.82, 2.24) is 14.5 Å². The van der Waals surface area contributed by atoms with Crippen molar-refractivity contribution >= 4 is 12.4 Å². The zero-order valence-corrected chi connectivity index (χ0v) is 17.5. The number of nitrogens with one attached hydrogen (secondary N) is 1. The number of hydrogen-bond acceptors (Lipinski definition) is 6. The second-order valence-electron chi connectivity index (χ2n) is 7.20. The molecular formula is C23H24N4O4. The summed E-state index contributed by atoms with van der Waals surface area (Å²) in [6, 6.07) is 15.0. The van der Waals surface area contributed by atoms with Gasteiger partial charge in [0, 0.05) is 18.7 Å². The maximum atomic E-state index is 13.5. The van der Waals surface area contributed by atoms with Crippen molar-refractivity contribution in [3.8, 4) is 17.2 Å². The van der Waals surface area contributed by atoms with Crippen LogP contribution in [-0.4, -0.2) is 41.6 Å². The molecule has 0 radical (unpaired) electrons. The van der Waals surface area contributed by atoms with E-state index in [4.69, 9.17) is 14.5 Å². The average Bonchev–Trinajstić information content (AvgIpc) is 2.82. The molecule has 0 unspecified atom stereocenters. The van der Waals surface area contributed by atoms with E-state index in [2.05, 4.69) is 5.32 Å². The molecule has 0 fully saturated rings. The zero-order chi connectivity index (χ0) is 21.8. The molecule has 0 saturated carbocycles. The minimum absolute atomic E-state index is 0.159. The largest absolute Gasteiger partial charge is 0.497 e. The van der Waals surface area contributed by atoms with Crippen LogP contribution < -0.4 is 20.3 Å². The molecule has 1 aliphatic rings. The quantitative estimate of drug-likeness (QED) is 0.591. The van der Waals surface area contributed by atoms with Crippen molar-refractivity contribution in [3.05, 3.63) is 75.7 Å². The van der Waals surface area contributed by atoms with Crippen molar-refractivity contribution in [2.45, 2.75) is 19.5 Å². The Morgan fingerprint density at radius 2 is 1.97 bits per heavy atom. The number of aromatic nitrogens is 2. The van der Waals surface area contributed by atoms with Crippen LogP contribution in [0.3, 0.4) is 0 Å². The van der Waals surface area contributed by atoms with Gasteiger partial charge in [-0.05, 0) is 36.2 Å². The van der Waals surface area contributed by atoms with Crippen LogP contribution in [0.5, 0.6) is 11.5 Å². The van der Waals surface area contributed by atoms with Gasteiger partial charge in [-0.25, -0.2) is 9.55 Å². The Bertz CT molecular complexity index is 1160. The third-order valence-electron chi connectivity index (χ3n) is 5.32. The van der Waals surface area contributed by atoms with Crippen LogP contribution in [-0.2, 0) is 24.3 Å². The highest BCUT2D eigenvalue weighted by Crippen LogP contribution is 2.26. The van der Waals surface area contributed by atoms with Crippen LogP contribution >= 0.6 is 0 Å². The van der Waals surface area contributed by atoms with Crippen molar-refractivity contribution in [1.29, 1.82) is 0 Å². The van der Waals surface area contributed by atoms with Gasteiger partial charge in [0.25, 0.3) is 5.56 Å². The molecule has 1 aromatic heterocycles. The number of fused-ring (bicyclic) bond motifs is 1. The maximum absolute atomic E-state index is 13.5. The van der Waals surface area contributed by atoms with Gasteiger partial charge >= 0.3 is 0 Å². The fourth-order valence-corrected chi connectivity index (χ4v) is 3.72. The molecular weight excluding hydrogens is 396 g/mol. The van der Waals surface area contributed by atoms with Crippen LogP contribution in [0.2, 0.25) is 0 Å². The van der Waals surface area contributed by atoms with E-state index in [1.807, 2.05) is 42.5 Å². The molecule has 1 aliphatic heterocycles. The lowest BCUT2D eigenvalue weighted by atomic mass is 10.1. The van der Waals surface area contributed by atoms with Crippen molar-refractivity contribution in [2.24, 2.45) is 0 Å². The molecule has 2 aromatic carbocycles. The first-order valence-corrected chi connectivity index (χ1v) is 9.99. The van der Waals surface area contributed by atoms with Gasteiger partial charge in [0.1, 0.15) is 11.5 Å². The van der Waals surface area contributed by atoms with Gasteiger partial charge in [-0.15, -0.1) is 0 Å². The van der Waals surface area contributed by atoms with Gasteiger partial charge in [-0.3, -0.25) is 9.59 Å². The normalized spacial score (nSPS) is 12.8. The highest BCUT2D eigenvalue weighted by atomic mass is 16.5. The fourth-order valence-electron chi connectivity index (χ4n) is 3.72. The molecule has 3 aromatic rings. The molecule has 160 valence electrons. The van der Waals surface area contributed by atoms with Gasteiger partial charge in [0.2, 0.25) is 12.4 Å². The molecule has 2 heterocycles. The summed E-state index contributed by atoms with van der Waals surface area (Å²) in [5.41, 5.74) is 2.66. The Morgan fingerprint density at radius 3 is 2.74 bits per heavy atom. The average molecular weight is 420 g/mol. The van der Waals surface area contributed by atoms with E-state index in [0.717, 1.165) is 17.7 Å². The summed E-state index contributed by atoms with van der Waals surface area (Å²) >= 11 is 0. The minimum atomic E-state index is -0.159. The summed E-state index contributed by atoms with van der Waals surface area (Å²) in [5.74, 6) is 1.71. The standard InChI is InChI=1S/C23H24N4O4/c1-30-17-7-5-6-16(12-17)13-24-23-25-19-14-26(15-28)11-10-18(19)22(29)27(23)20-8-3-4-9-21(20)31-2/h3-9,12,15H,10-11,13-14H2,1-2H3,(H,24,25). The summed E-state index contributed by atoms with van der Waals surface area (Å²) in [6.45, 7) is 1.25. The number of carbonyl (C=O) groups is 1. The number of hydrogen-bond donors (Lipinski definition) is 1.